The Morgan fingerprint density at radius 3 is 3.06 bits per heavy atom. The smallest absolute Gasteiger partial charge is 0.229 e. The fourth-order valence-corrected chi connectivity index (χ4v) is 2.47. The summed E-state index contributed by atoms with van der Waals surface area (Å²) in [5.41, 5.74) is 0. The van der Waals surface area contributed by atoms with Gasteiger partial charge in [-0.1, -0.05) is 13.8 Å². The van der Waals surface area contributed by atoms with Crippen molar-refractivity contribution in [3.8, 4) is 0 Å². The third-order valence-corrected chi connectivity index (χ3v) is 3.28. The minimum atomic E-state index is -0.119. The molecule has 3 nitrogen and oxygen atoms in total. The number of hydrogen-bond donors (Lipinski definition) is 0. The van der Waals surface area contributed by atoms with Crippen LogP contribution in [0.2, 0.25) is 0 Å². The molecule has 0 bridgehead atoms. The molecule has 1 unspecified atom stereocenters. The summed E-state index contributed by atoms with van der Waals surface area (Å²) < 4.78 is 6.85. The van der Waals surface area contributed by atoms with Gasteiger partial charge < -0.3 is 9.64 Å². The molecule has 1 atom stereocenters. The van der Waals surface area contributed by atoms with Crippen LogP contribution in [0.1, 0.15) is 26.7 Å². The summed E-state index contributed by atoms with van der Waals surface area (Å²) in [5, 5.41) is 3.30. The first-order valence-electron chi connectivity index (χ1n) is 5.85. The lowest BCUT2D eigenvalue weighted by Crippen LogP contribution is -2.41. The maximum Gasteiger partial charge on any atom is 0.229 e. The van der Waals surface area contributed by atoms with Gasteiger partial charge >= 0.3 is 0 Å². The summed E-state index contributed by atoms with van der Waals surface area (Å²) in [6.45, 7) is 6.05. The molecule has 0 saturated carbocycles. The molecule has 0 spiro atoms. The molecule has 0 fully saturated rings. The van der Waals surface area contributed by atoms with Gasteiger partial charge in [-0.3, -0.25) is 0 Å². The second-order valence-electron chi connectivity index (χ2n) is 3.87. The largest absolute Gasteiger partial charge is 0.339 e. The minimum Gasteiger partial charge on any atom is -0.339 e. The van der Waals surface area contributed by atoms with E-state index in [2.05, 4.69) is 41.4 Å². The summed E-state index contributed by atoms with van der Waals surface area (Å²) in [5.74, 6) is 0. The van der Waals surface area contributed by atoms with Gasteiger partial charge in [-0.15, -0.1) is 11.3 Å². The summed E-state index contributed by atoms with van der Waals surface area (Å²) in [6, 6.07) is 2.11. The lowest BCUT2D eigenvalue weighted by molar-refractivity contribution is -0.0260. The molecule has 0 aromatic carbocycles. The molecular weight excluding hydrogens is 220 g/mol. The van der Waals surface area contributed by atoms with Gasteiger partial charge in [0.1, 0.15) is 4.67 Å². The Bertz CT molecular complexity index is 440. The summed E-state index contributed by atoms with van der Waals surface area (Å²) >= 11 is 1.68. The molecule has 16 heavy (non-hydrogen) atoms. The molecule has 1 aliphatic heterocycles. The lowest BCUT2D eigenvalue weighted by Gasteiger charge is -2.28. The maximum atomic E-state index is 5.76. The Labute approximate surface area is 100 Å². The molecule has 0 aliphatic carbocycles. The van der Waals surface area contributed by atoms with E-state index >= 15 is 0 Å². The van der Waals surface area contributed by atoms with Crippen LogP contribution in [-0.2, 0) is 4.74 Å². The molecule has 0 radical (unpaired) electrons. The first kappa shape index (κ1) is 11.6. The van der Waals surface area contributed by atoms with E-state index < -0.39 is 0 Å². The molecule has 0 amide bonds. The summed E-state index contributed by atoms with van der Waals surface area (Å²) in [7, 11) is 0. The highest BCUT2D eigenvalue weighted by Gasteiger charge is 2.17. The second kappa shape index (κ2) is 5.46. The van der Waals surface area contributed by atoms with Crippen LogP contribution in [0.25, 0.3) is 6.20 Å². The lowest BCUT2D eigenvalue weighted by atomic mass is 10.4. The number of ether oxygens (including phenoxy) is 1. The number of rotatable bonds is 5. The number of hydrogen-bond acceptors (Lipinski definition) is 4. The molecule has 4 heteroatoms. The van der Waals surface area contributed by atoms with Crippen molar-refractivity contribution in [1.82, 2.24) is 4.90 Å². The Kier molecular flexibility index (Phi) is 3.96. The quantitative estimate of drug-likeness (QED) is 0.777. The Hall–Kier alpha value is -0.870. The van der Waals surface area contributed by atoms with E-state index in [1.165, 1.54) is 5.22 Å². The van der Waals surface area contributed by atoms with Crippen molar-refractivity contribution < 1.29 is 4.74 Å². The van der Waals surface area contributed by atoms with Crippen LogP contribution in [0.4, 0.5) is 0 Å². The fraction of sp³-hybridized carbons (Fsp3) is 0.583. The van der Waals surface area contributed by atoms with Gasteiger partial charge in [-0.05, 0) is 24.3 Å². The van der Waals surface area contributed by atoms with Gasteiger partial charge in [0.25, 0.3) is 0 Å². The van der Waals surface area contributed by atoms with Crippen LogP contribution in [0.15, 0.2) is 16.4 Å². The Morgan fingerprint density at radius 1 is 1.44 bits per heavy atom. The molecule has 88 valence electrons. The molecule has 0 saturated heterocycles. The van der Waals surface area contributed by atoms with Gasteiger partial charge in [0.05, 0.1) is 6.61 Å². The molecule has 1 aromatic rings. The van der Waals surface area contributed by atoms with E-state index in [1.54, 1.807) is 11.3 Å². The summed E-state index contributed by atoms with van der Waals surface area (Å²) in [4.78, 5) is 6.82. The van der Waals surface area contributed by atoms with Crippen LogP contribution >= 0.6 is 11.3 Å². The van der Waals surface area contributed by atoms with Crippen molar-refractivity contribution in [2.24, 2.45) is 4.99 Å². The Morgan fingerprint density at radius 2 is 2.31 bits per heavy atom. The number of thiophene rings is 1. The average Bonchev–Trinajstić information content (AvgIpc) is 2.73. The second-order valence-corrected chi connectivity index (χ2v) is 4.77. The molecule has 0 N–H and O–H groups in total. The predicted molar refractivity (Wildman–Crippen MR) is 66.6 cm³/mol. The SMILES string of the molecule is CCCOC1N=c2sccc2=CN1CCC. The van der Waals surface area contributed by atoms with Gasteiger partial charge in [-0.2, -0.15) is 0 Å². The number of fused-ring (bicyclic) bond motifs is 1. The topological polar surface area (TPSA) is 24.8 Å². The van der Waals surface area contributed by atoms with E-state index in [4.69, 9.17) is 4.74 Å². The van der Waals surface area contributed by atoms with Crippen LogP contribution in [0, 0.1) is 0 Å². The number of nitrogens with zero attached hydrogens (tertiary/aromatic N) is 2. The first-order valence-corrected chi connectivity index (χ1v) is 6.73. The zero-order chi connectivity index (χ0) is 11.4. The van der Waals surface area contributed by atoms with Crippen molar-refractivity contribution in [3.05, 3.63) is 21.3 Å². The van der Waals surface area contributed by atoms with Crippen molar-refractivity contribution in [1.29, 1.82) is 0 Å². The minimum absolute atomic E-state index is 0.119. The normalized spacial score (nSPS) is 18.9. The van der Waals surface area contributed by atoms with Crippen LogP contribution < -0.4 is 9.89 Å². The highest BCUT2D eigenvalue weighted by molar-refractivity contribution is 7.07. The average molecular weight is 238 g/mol. The van der Waals surface area contributed by atoms with Crippen molar-refractivity contribution in [3.63, 3.8) is 0 Å². The molecule has 2 heterocycles. The first-order chi connectivity index (χ1) is 7.85. The molecule has 1 aliphatic rings. The van der Waals surface area contributed by atoms with Gasteiger partial charge in [-0.25, -0.2) is 4.99 Å². The summed E-state index contributed by atoms with van der Waals surface area (Å²) in [6.07, 6.45) is 4.19. The van der Waals surface area contributed by atoms with Gasteiger partial charge in [0.15, 0.2) is 0 Å². The molecular formula is C12H18N2OS. The highest BCUT2D eigenvalue weighted by atomic mass is 32.1. The highest BCUT2D eigenvalue weighted by Crippen LogP contribution is 2.08. The van der Waals surface area contributed by atoms with E-state index in [-0.39, 0.29) is 6.35 Å². The van der Waals surface area contributed by atoms with Crippen molar-refractivity contribution in [2.75, 3.05) is 13.2 Å². The van der Waals surface area contributed by atoms with Crippen molar-refractivity contribution in [2.45, 2.75) is 33.0 Å². The molecule has 2 rings (SSSR count). The van der Waals surface area contributed by atoms with E-state index in [0.717, 1.165) is 30.7 Å². The predicted octanol–water partition coefficient (Wildman–Crippen LogP) is 1.54. The van der Waals surface area contributed by atoms with Crippen LogP contribution in [0.3, 0.4) is 0 Å². The van der Waals surface area contributed by atoms with E-state index in [9.17, 15) is 0 Å². The van der Waals surface area contributed by atoms with Crippen molar-refractivity contribution >= 4 is 17.5 Å². The maximum absolute atomic E-state index is 5.76. The molecule has 1 aromatic heterocycles. The monoisotopic (exact) mass is 238 g/mol. The standard InChI is InChI=1S/C12H18N2OS/c1-3-6-14-9-10-5-8-16-11(10)13-12(14)15-7-4-2/h5,8-9,12H,3-4,6-7H2,1-2H3. The zero-order valence-corrected chi connectivity index (χ0v) is 10.7. The van der Waals surface area contributed by atoms with Crippen LogP contribution in [-0.4, -0.2) is 24.4 Å². The third kappa shape index (κ3) is 2.44. The Balaban J connectivity index is 2.22. The third-order valence-electron chi connectivity index (χ3n) is 2.44. The van der Waals surface area contributed by atoms with Crippen LogP contribution in [0.5, 0.6) is 0 Å². The zero-order valence-electron chi connectivity index (χ0n) is 9.85. The van der Waals surface area contributed by atoms with E-state index in [0.29, 0.717) is 0 Å². The fourth-order valence-electron chi connectivity index (χ4n) is 1.72. The van der Waals surface area contributed by atoms with Gasteiger partial charge in [0.2, 0.25) is 6.35 Å². The van der Waals surface area contributed by atoms with Gasteiger partial charge in [0, 0.05) is 18.0 Å². The van der Waals surface area contributed by atoms with E-state index in [1.807, 2.05) is 0 Å².